The van der Waals surface area contributed by atoms with Gasteiger partial charge in [-0.15, -0.1) is 11.3 Å². The van der Waals surface area contributed by atoms with Gasteiger partial charge in [-0.2, -0.15) is 0 Å². The molecule has 2 rings (SSSR count). The van der Waals surface area contributed by atoms with Crippen molar-refractivity contribution in [2.24, 2.45) is 0 Å². The zero-order valence-electron chi connectivity index (χ0n) is 12.3. The fraction of sp³-hybridized carbons (Fsp3) is 0.667. The Labute approximate surface area is 125 Å². The molecule has 1 aliphatic heterocycles. The van der Waals surface area contributed by atoms with E-state index >= 15 is 0 Å². The Morgan fingerprint density at radius 3 is 3.00 bits per heavy atom. The van der Waals surface area contributed by atoms with Crippen LogP contribution in [0.15, 0.2) is 17.5 Å². The highest BCUT2D eigenvalue weighted by molar-refractivity contribution is 7.09. The number of nitrogens with one attached hydrogen (secondary N) is 1. The molecule has 1 fully saturated rings. The van der Waals surface area contributed by atoms with Crippen molar-refractivity contribution in [3.63, 3.8) is 0 Å². The van der Waals surface area contributed by atoms with Crippen LogP contribution in [0.4, 0.5) is 0 Å². The third-order valence-electron chi connectivity index (χ3n) is 3.72. The molecule has 0 radical (unpaired) electrons. The fourth-order valence-electron chi connectivity index (χ4n) is 2.58. The lowest BCUT2D eigenvalue weighted by molar-refractivity contribution is -0.131. The average molecular weight is 295 g/mol. The molecule has 1 aromatic heterocycles. The smallest absolute Gasteiger partial charge is 0.222 e. The van der Waals surface area contributed by atoms with Gasteiger partial charge in [0, 0.05) is 44.0 Å². The molecule has 1 amide bonds. The van der Waals surface area contributed by atoms with Crippen LogP contribution in [0, 0.1) is 0 Å². The number of carbonyl (C=O) groups excluding carboxylic acids is 1. The predicted octanol–water partition coefficient (Wildman–Crippen LogP) is 1.78. The first-order chi connectivity index (χ1) is 9.79. The maximum atomic E-state index is 12.1. The Morgan fingerprint density at radius 1 is 1.35 bits per heavy atom. The van der Waals surface area contributed by atoms with Gasteiger partial charge < -0.3 is 10.2 Å². The topological polar surface area (TPSA) is 35.6 Å². The summed E-state index contributed by atoms with van der Waals surface area (Å²) in [7, 11) is 1.93. The molecule has 2 heterocycles. The van der Waals surface area contributed by atoms with Crippen LogP contribution in [0.5, 0.6) is 0 Å². The van der Waals surface area contributed by atoms with Crippen LogP contribution in [-0.2, 0) is 11.3 Å². The Hall–Kier alpha value is -0.910. The van der Waals surface area contributed by atoms with Crippen molar-refractivity contribution in [3.8, 4) is 0 Å². The second-order valence-electron chi connectivity index (χ2n) is 5.30. The first-order valence-electron chi connectivity index (χ1n) is 7.46. The van der Waals surface area contributed by atoms with Crippen molar-refractivity contribution in [3.05, 3.63) is 22.4 Å². The second-order valence-corrected chi connectivity index (χ2v) is 6.33. The number of rotatable bonds is 6. The van der Waals surface area contributed by atoms with Gasteiger partial charge in [-0.1, -0.05) is 6.07 Å². The quantitative estimate of drug-likeness (QED) is 0.813. The van der Waals surface area contributed by atoms with Gasteiger partial charge in [0.05, 0.1) is 0 Å². The third-order valence-corrected chi connectivity index (χ3v) is 4.58. The number of carbonyl (C=O) groups is 1. The van der Waals surface area contributed by atoms with Crippen LogP contribution in [0.1, 0.15) is 24.1 Å². The first-order valence-corrected chi connectivity index (χ1v) is 8.34. The van der Waals surface area contributed by atoms with Crippen molar-refractivity contribution in [1.82, 2.24) is 15.1 Å². The van der Waals surface area contributed by atoms with E-state index in [1.807, 2.05) is 23.3 Å². The molecule has 0 spiro atoms. The molecule has 1 aromatic rings. The van der Waals surface area contributed by atoms with Gasteiger partial charge in [0.2, 0.25) is 5.91 Å². The van der Waals surface area contributed by atoms with Gasteiger partial charge >= 0.3 is 0 Å². The maximum Gasteiger partial charge on any atom is 0.222 e. The summed E-state index contributed by atoms with van der Waals surface area (Å²) in [6.45, 7) is 5.83. The van der Waals surface area contributed by atoms with Crippen molar-refractivity contribution in [2.75, 3.05) is 39.8 Å². The zero-order valence-corrected chi connectivity index (χ0v) is 13.1. The maximum absolute atomic E-state index is 12.1. The molecule has 0 aromatic carbocycles. The highest BCUT2D eigenvalue weighted by Gasteiger charge is 2.18. The monoisotopic (exact) mass is 295 g/mol. The molecule has 112 valence electrons. The minimum absolute atomic E-state index is 0.318. The van der Waals surface area contributed by atoms with E-state index in [0.29, 0.717) is 12.3 Å². The summed E-state index contributed by atoms with van der Waals surface area (Å²) >= 11 is 1.81. The Bertz CT molecular complexity index is 394. The van der Waals surface area contributed by atoms with Crippen LogP contribution >= 0.6 is 11.3 Å². The summed E-state index contributed by atoms with van der Waals surface area (Å²) in [5, 5.41) is 5.22. The van der Waals surface area contributed by atoms with Gasteiger partial charge in [0.15, 0.2) is 0 Å². The van der Waals surface area contributed by atoms with Crippen LogP contribution in [0.25, 0.3) is 0 Å². The molecular weight excluding hydrogens is 270 g/mol. The van der Waals surface area contributed by atoms with Gasteiger partial charge in [0.25, 0.3) is 0 Å². The summed E-state index contributed by atoms with van der Waals surface area (Å²) in [6.07, 6.45) is 2.69. The predicted molar refractivity (Wildman–Crippen MR) is 84.0 cm³/mol. The normalized spacial score (nSPS) is 17.1. The minimum atomic E-state index is 0.318. The molecule has 0 bridgehead atoms. The lowest BCUT2D eigenvalue weighted by atomic mass is 10.2. The fourth-order valence-corrected chi connectivity index (χ4v) is 3.32. The van der Waals surface area contributed by atoms with E-state index in [2.05, 4.69) is 27.7 Å². The molecule has 0 atom stereocenters. The lowest BCUT2D eigenvalue weighted by Gasteiger charge is -2.21. The average Bonchev–Trinajstić information content (AvgIpc) is 2.84. The van der Waals surface area contributed by atoms with Crippen LogP contribution in [-0.4, -0.2) is 55.5 Å². The van der Waals surface area contributed by atoms with Crippen LogP contribution < -0.4 is 5.32 Å². The lowest BCUT2D eigenvalue weighted by Crippen LogP contribution is -2.35. The number of hydrogen-bond acceptors (Lipinski definition) is 4. The third kappa shape index (κ3) is 4.89. The molecule has 5 heteroatoms. The molecule has 1 aliphatic rings. The minimum Gasteiger partial charge on any atom is -0.341 e. The molecule has 20 heavy (non-hydrogen) atoms. The van der Waals surface area contributed by atoms with Crippen molar-refractivity contribution in [1.29, 1.82) is 0 Å². The number of thiophene rings is 1. The van der Waals surface area contributed by atoms with E-state index < -0.39 is 0 Å². The Morgan fingerprint density at radius 2 is 2.25 bits per heavy atom. The SMILES string of the molecule is CNCCCC(=O)N1CCCN(Cc2cccs2)CC1. The summed E-state index contributed by atoms with van der Waals surface area (Å²) < 4.78 is 0. The molecular formula is C15H25N3OS. The summed E-state index contributed by atoms with van der Waals surface area (Å²) in [4.78, 5) is 18.1. The Balaban J connectivity index is 1.75. The van der Waals surface area contributed by atoms with Crippen molar-refractivity contribution in [2.45, 2.75) is 25.8 Å². The van der Waals surface area contributed by atoms with E-state index in [4.69, 9.17) is 0 Å². The summed E-state index contributed by atoms with van der Waals surface area (Å²) in [5.41, 5.74) is 0. The Kier molecular flexibility index (Phi) is 6.50. The zero-order chi connectivity index (χ0) is 14.2. The van der Waals surface area contributed by atoms with E-state index in [-0.39, 0.29) is 0 Å². The molecule has 0 unspecified atom stereocenters. The van der Waals surface area contributed by atoms with Crippen molar-refractivity contribution >= 4 is 17.2 Å². The van der Waals surface area contributed by atoms with Crippen LogP contribution in [0.2, 0.25) is 0 Å². The van der Waals surface area contributed by atoms with Gasteiger partial charge in [-0.05, 0) is 37.9 Å². The highest BCUT2D eigenvalue weighted by atomic mass is 32.1. The first kappa shape index (κ1) is 15.5. The van der Waals surface area contributed by atoms with Crippen molar-refractivity contribution < 1.29 is 4.79 Å². The number of nitrogens with zero attached hydrogens (tertiary/aromatic N) is 2. The van der Waals surface area contributed by atoms with E-state index in [1.54, 1.807) is 0 Å². The molecule has 4 nitrogen and oxygen atoms in total. The van der Waals surface area contributed by atoms with E-state index in [9.17, 15) is 4.79 Å². The molecule has 0 aliphatic carbocycles. The summed E-state index contributed by atoms with van der Waals surface area (Å²) in [5.74, 6) is 0.318. The standard InChI is InChI=1S/C15H25N3OS/c1-16-7-2-6-15(19)18-9-4-8-17(10-11-18)13-14-5-3-12-20-14/h3,5,12,16H,2,4,6-11,13H2,1H3. The van der Waals surface area contributed by atoms with Gasteiger partial charge in [0.1, 0.15) is 0 Å². The van der Waals surface area contributed by atoms with Gasteiger partial charge in [-0.3, -0.25) is 9.69 Å². The van der Waals surface area contributed by atoms with E-state index in [0.717, 1.165) is 52.1 Å². The van der Waals surface area contributed by atoms with Crippen LogP contribution in [0.3, 0.4) is 0 Å². The molecule has 1 N–H and O–H groups in total. The largest absolute Gasteiger partial charge is 0.341 e. The second kappa shape index (κ2) is 8.39. The highest BCUT2D eigenvalue weighted by Crippen LogP contribution is 2.14. The number of amides is 1. The van der Waals surface area contributed by atoms with E-state index in [1.165, 1.54) is 4.88 Å². The number of hydrogen-bond donors (Lipinski definition) is 1. The molecule has 0 saturated carbocycles. The van der Waals surface area contributed by atoms with Gasteiger partial charge in [-0.25, -0.2) is 0 Å². The molecule has 1 saturated heterocycles. The summed E-state index contributed by atoms with van der Waals surface area (Å²) in [6, 6.07) is 4.30.